The minimum atomic E-state index is -0.110. The number of hydrogen-bond acceptors (Lipinski definition) is 2. The van der Waals surface area contributed by atoms with E-state index in [1.54, 1.807) is 0 Å². The normalized spacial score (nSPS) is 32.7. The second-order valence-corrected chi connectivity index (χ2v) is 9.61. The molecule has 2 nitrogen and oxygen atoms in total. The number of carbonyl (C=O) groups is 1. The van der Waals surface area contributed by atoms with Crippen molar-refractivity contribution in [3.05, 3.63) is 33.9 Å². The molecule has 0 amide bonds. The third kappa shape index (κ3) is 2.54. The van der Waals surface area contributed by atoms with Crippen LogP contribution in [0.3, 0.4) is 0 Å². The Morgan fingerprint density at radius 3 is 2.84 bits per heavy atom. The van der Waals surface area contributed by atoms with Gasteiger partial charge in [0.05, 0.1) is 0 Å². The van der Waals surface area contributed by atoms with Gasteiger partial charge in [0, 0.05) is 0 Å². The Balaban J connectivity index is 1.79. The van der Waals surface area contributed by atoms with Crippen molar-refractivity contribution in [1.29, 1.82) is 0 Å². The van der Waals surface area contributed by atoms with Crippen LogP contribution in [0.15, 0.2) is 30.3 Å². The summed E-state index contributed by atoms with van der Waals surface area (Å²) in [4.78, 5) is 11.8. The number of methoxy groups -OCH3 is 1. The molecule has 2 aliphatic rings. The number of hydrogen-bond donors (Lipinski definition) is 0. The van der Waals surface area contributed by atoms with Crippen LogP contribution in [-0.4, -0.2) is 16.5 Å². The number of rotatable bonds is 4. The monoisotopic (exact) mass is 371 g/mol. The number of esters is 1. The number of ether oxygens (including phenoxy) is 1. The average molecular weight is 371 g/mol. The number of alkyl halides is 1. The fourth-order valence-electron chi connectivity index (χ4n) is 3.74. The van der Waals surface area contributed by atoms with Crippen molar-refractivity contribution in [1.82, 2.24) is 0 Å². The molecule has 0 aromatic heterocycles. The summed E-state index contributed by atoms with van der Waals surface area (Å²) in [5.41, 5.74) is 0. The third-order valence-corrected chi connectivity index (χ3v) is 8.66. The van der Waals surface area contributed by atoms with Crippen LogP contribution >= 0.6 is 0 Å². The van der Waals surface area contributed by atoms with Gasteiger partial charge >= 0.3 is 125 Å². The van der Waals surface area contributed by atoms with Gasteiger partial charge in [-0.1, -0.05) is 0 Å². The van der Waals surface area contributed by atoms with Crippen molar-refractivity contribution < 1.29 is 30.7 Å². The Morgan fingerprint density at radius 1 is 1.37 bits per heavy atom. The molecule has 104 valence electrons. The average Bonchev–Trinajstić information content (AvgIpc) is 2.82. The van der Waals surface area contributed by atoms with Crippen LogP contribution in [0.2, 0.25) is 0 Å². The van der Waals surface area contributed by atoms with E-state index in [4.69, 9.17) is 4.74 Å². The van der Waals surface area contributed by atoms with Gasteiger partial charge in [0.1, 0.15) is 0 Å². The van der Waals surface area contributed by atoms with E-state index in [1.165, 1.54) is 36.4 Å². The first-order chi connectivity index (χ1) is 9.23. The van der Waals surface area contributed by atoms with Gasteiger partial charge in [-0.2, -0.15) is 0 Å². The van der Waals surface area contributed by atoms with Crippen molar-refractivity contribution in [2.75, 3.05) is 7.11 Å². The van der Waals surface area contributed by atoms with Crippen molar-refractivity contribution >= 4 is 5.97 Å². The first kappa shape index (κ1) is 13.4. The van der Waals surface area contributed by atoms with E-state index in [-0.39, 0.29) is 30.6 Å². The van der Waals surface area contributed by atoms with Gasteiger partial charge in [-0.15, -0.1) is 0 Å². The van der Waals surface area contributed by atoms with Crippen molar-refractivity contribution in [3.63, 3.8) is 0 Å². The molecule has 0 radical (unpaired) electrons. The number of benzene rings is 1. The topological polar surface area (TPSA) is 26.3 Å². The molecule has 0 spiro atoms. The minimum absolute atomic E-state index is 0.0130. The van der Waals surface area contributed by atoms with Crippen molar-refractivity contribution in [3.8, 4) is 0 Å². The van der Waals surface area contributed by atoms with E-state index >= 15 is 0 Å². The van der Waals surface area contributed by atoms with Crippen LogP contribution in [0.5, 0.6) is 0 Å². The molecule has 0 unspecified atom stereocenters. The summed E-state index contributed by atoms with van der Waals surface area (Å²) in [5.74, 6) is 1.67. The zero-order chi connectivity index (χ0) is 13.3. The van der Waals surface area contributed by atoms with Gasteiger partial charge in [-0.05, 0) is 0 Å². The predicted molar refractivity (Wildman–Crippen MR) is 70.0 cm³/mol. The van der Waals surface area contributed by atoms with Crippen LogP contribution in [0, 0.1) is 15.4 Å². The standard InChI is InChI=1S/C16H20IO2/c1-19-15(18)11-16(10-12-6-5-9-14(12)16)17-13-7-3-2-4-8-13/h2-4,7-8,12,14H,5-6,9-11H2,1H3/q-1/t12-,14-,16+/m1/s1. The molecular weight excluding hydrogens is 351 g/mol. The first-order valence-electron chi connectivity index (χ1n) is 7.01. The molecule has 2 aliphatic carbocycles. The molecule has 19 heavy (non-hydrogen) atoms. The van der Waals surface area contributed by atoms with E-state index in [2.05, 4.69) is 30.3 Å². The molecule has 0 saturated heterocycles. The third-order valence-electron chi connectivity index (χ3n) is 4.62. The van der Waals surface area contributed by atoms with Crippen molar-refractivity contribution in [2.24, 2.45) is 11.8 Å². The molecule has 0 heterocycles. The van der Waals surface area contributed by atoms with Crippen LogP contribution in [0.1, 0.15) is 32.1 Å². The Morgan fingerprint density at radius 2 is 2.16 bits per heavy atom. The van der Waals surface area contributed by atoms with Crippen LogP contribution in [-0.2, 0) is 9.53 Å². The fourth-order valence-corrected chi connectivity index (χ4v) is 8.26. The Labute approximate surface area is 125 Å². The molecule has 2 saturated carbocycles. The molecule has 3 heteroatoms. The van der Waals surface area contributed by atoms with Gasteiger partial charge in [0.15, 0.2) is 0 Å². The van der Waals surface area contributed by atoms with E-state index in [0.29, 0.717) is 6.42 Å². The zero-order valence-electron chi connectivity index (χ0n) is 11.3. The predicted octanol–water partition coefficient (Wildman–Crippen LogP) is 0.0671. The van der Waals surface area contributed by atoms with Crippen molar-refractivity contribution in [2.45, 2.75) is 35.5 Å². The van der Waals surface area contributed by atoms with E-state index in [9.17, 15) is 4.79 Å². The molecule has 1 aromatic rings. The van der Waals surface area contributed by atoms with E-state index in [1.807, 2.05) is 0 Å². The molecule has 2 fully saturated rings. The van der Waals surface area contributed by atoms with E-state index < -0.39 is 0 Å². The summed E-state index contributed by atoms with van der Waals surface area (Å²) in [7, 11) is 1.52. The molecular formula is C16H20IO2-. The van der Waals surface area contributed by atoms with Crippen LogP contribution < -0.4 is 21.2 Å². The number of fused-ring (bicyclic) bond motifs is 1. The van der Waals surface area contributed by atoms with Gasteiger partial charge in [0.25, 0.3) is 0 Å². The summed E-state index contributed by atoms with van der Waals surface area (Å²) in [6.45, 7) is 0. The van der Waals surface area contributed by atoms with E-state index in [0.717, 1.165) is 11.8 Å². The summed E-state index contributed by atoms with van der Waals surface area (Å²) < 4.78 is 6.70. The molecule has 0 N–H and O–H groups in total. The maximum absolute atomic E-state index is 11.8. The quantitative estimate of drug-likeness (QED) is 0.426. The zero-order valence-corrected chi connectivity index (χ0v) is 13.4. The Kier molecular flexibility index (Phi) is 3.83. The second kappa shape index (κ2) is 5.43. The van der Waals surface area contributed by atoms with Gasteiger partial charge in [-0.25, -0.2) is 0 Å². The van der Waals surface area contributed by atoms with Gasteiger partial charge in [-0.3, -0.25) is 0 Å². The summed E-state index contributed by atoms with van der Waals surface area (Å²) in [5, 5.41) is 0. The van der Waals surface area contributed by atoms with Crippen LogP contribution in [0.4, 0.5) is 0 Å². The van der Waals surface area contributed by atoms with Gasteiger partial charge < -0.3 is 0 Å². The summed E-state index contributed by atoms with van der Waals surface area (Å²) in [6, 6.07) is 10.8. The molecule has 3 atom stereocenters. The molecule has 0 aliphatic heterocycles. The summed E-state index contributed by atoms with van der Waals surface area (Å²) in [6.07, 6.45) is 5.97. The Hall–Kier alpha value is -0.580. The molecule has 1 aromatic carbocycles. The summed E-state index contributed by atoms with van der Waals surface area (Å²) >= 11 is -0.110. The number of halogens is 1. The second-order valence-electron chi connectivity index (χ2n) is 5.68. The molecule has 3 rings (SSSR count). The SMILES string of the molecule is COC(=O)C[C@@]1([I-]c2ccccc2)C[C@H]2CCC[C@H]21. The van der Waals surface area contributed by atoms with Gasteiger partial charge in [0.2, 0.25) is 0 Å². The maximum atomic E-state index is 11.8. The first-order valence-corrected chi connectivity index (χ1v) is 9.17. The Bertz CT molecular complexity index is 459. The molecule has 0 bridgehead atoms. The number of carbonyl (C=O) groups excluding carboxylic acids is 1. The fraction of sp³-hybridized carbons (Fsp3) is 0.562. The van der Waals surface area contributed by atoms with Crippen LogP contribution in [0.25, 0.3) is 0 Å².